The first-order chi connectivity index (χ1) is 14.5. The van der Waals surface area contributed by atoms with E-state index >= 15 is 0 Å². The molecule has 0 aliphatic carbocycles. The first kappa shape index (κ1) is 20.0. The van der Waals surface area contributed by atoms with Gasteiger partial charge < -0.3 is 5.73 Å². The average molecular weight is 440 g/mol. The molecule has 4 rings (SSSR count). The molecule has 8 nitrogen and oxygen atoms in total. The summed E-state index contributed by atoms with van der Waals surface area (Å²) in [7, 11) is 1.34. The van der Waals surface area contributed by atoms with Crippen molar-refractivity contribution >= 4 is 44.9 Å². The molecule has 0 spiro atoms. The lowest BCUT2D eigenvalue weighted by Gasteiger charge is -2.14. The molecule has 3 heterocycles. The van der Waals surface area contributed by atoms with Gasteiger partial charge in [0, 0.05) is 12.4 Å². The molecule has 0 saturated carbocycles. The van der Waals surface area contributed by atoms with Crippen molar-refractivity contribution in [1.29, 1.82) is 0 Å². The van der Waals surface area contributed by atoms with Gasteiger partial charge in [0.2, 0.25) is 0 Å². The number of Topliss-reactive ketones (excluding diaryl/α,β-unsaturated/α-hetero) is 1. The number of rotatable bonds is 6. The number of hydrogen-bond acceptors (Lipinski definition) is 8. The molecule has 0 aliphatic rings. The molecular weight excluding hydrogens is 422 g/mol. The Morgan fingerprint density at radius 1 is 1.17 bits per heavy atom. The quantitative estimate of drug-likeness (QED) is 0.278. The molecule has 30 heavy (non-hydrogen) atoms. The number of nitrogens with two attached hydrogens (primary N) is 1. The molecule has 1 aromatic carbocycles. The number of benzene rings is 1. The third-order valence-corrected chi connectivity index (χ3v) is 6.44. The second-order valence-corrected chi connectivity index (χ2v) is 8.37. The Morgan fingerprint density at radius 2 is 1.93 bits per heavy atom. The van der Waals surface area contributed by atoms with Crippen LogP contribution in [0.2, 0.25) is 0 Å². The first-order valence-electron chi connectivity index (χ1n) is 8.94. The largest absolute Gasteiger partial charge is 0.384 e. The number of nitrogen functional groups attached to an aromatic ring is 1. The van der Waals surface area contributed by atoms with Gasteiger partial charge in [-0.1, -0.05) is 42.1 Å². The number of nitrogens with zero attached hydrogens (tertiary/aromatic N) is 4. The SMILES string of the molecule is Cn1c(=O)c(C(=O)CSc2ncnc3sccc23)c(N)n(Cc2ccccc2)c1=O. The summed E-state index contributed by atoms with van der Waals surface area (Å²) in [5.41, 5.74) is 5.52. The van der Waals surface area contributed by atoms with E-state index in [1.165, 1.54) is 41.0 Å². The van der Waals surface area contributed by atoms with E-state index < -0.39 is 17.0 Å². The van der Waals surface area contributed by atoms with E-state index in [1.807, 2.05) is 41.8 Å². The number of ketones is 1. The topological polar surface area (TPSA) is 113 Å². The minimum absolute atomic E-state index is 0.0368. The summed E-state index contributed by atoms with van der Waals surface area (Å²) in [4.78, 5) is 47.4. The fraction of sp³-hybridized carbons (Fsp3) is 0.150. The minimum atomic E-state index is -0.698. The van der Waals surface area contributed by atoms with Crippen LogP contribution in [0.5, 0.6) is 0 Å². The highest BCUT2D eigenvalue weighted by molar-refractivity contribution is 8.00. The van der Waals surface area contributed by atoms with Crippen molar-refractivity contribution in [3.63, 3.8) is 0 Å². The van der Waals surface area contributed by atoms with Crippen LogP contribution in [0, 0.1) is 0 Å². The maximum Gasteiger partial charge on any atom is 0.332 e. The number of aromatic nitrogens is 4. The Balaban J connectivity index is 1.67. The number of fused-ring (bicyclic) bond motifs is 1. The average Bonchev–Trinajstić information content (AvgIpc) is 3.24. The lowest BCUT2D eigenvalue weighted by atomic mass is 10.2. The van der Waals surface area contributed by atoms with E-state index in [9.17, 15) is 14.4 Å². The van der Waals surface area contributed by atoms with Gasteiger partial charge in [0.15, 0.2) is 5.78 Å². The van der Waals surface area contributed by atoms with E-state index in [0.717, 1.165) is 20.3 Å². The lowest BCUT2D eigenvalue weighted by molar-refractivity contribution is 0.102. The van der Waals surface area contributed by atoms with Gasteiger partial charge in [0.05, 0.1) is 12.3 Å². The van der Waals surface area contributed by atoms with E-state index in [4.69, 9.17) is 5.73 Å². The van der Waals surface area contributed by atoms with E-state index in [0.29, 0.717) is 5.03 Å². The third kappa shape index (κ3) is 3.66. The number of hydrogen-bond donors (Lipinski definition) is 1. The van der Waals surface area contributed by atoms with Crippen LogP contribution in [0.1, 0.15) is 15.9 Å². The maximum absolute atomic E-state index is 12.9. The highest BCUT2D eigenvalue weighted by Crippen LogP contribution is 2.28. The van der Waals surface area contributed by atoms with Crippen molar-refractivity contribution in [2.45, 2.75) is 11.6 Å². The Kier molecular flexibility index (Phi) is 5.51. The molecule has 10 heteroatoms. The normalized spacial score (nSPS) is 11.1. The molecule has 0 amide bonds. The second-order valence-electron chi connectivity index (χ2n) is 6.51. The molecule has 0 fully saturated rings. The Labute approximate surface area is 179 Å². The highest BCUT2D eigenvalue weighted by Gasteiger charge is 2.22. The monoisotopic (exact) mass is 439 g/mol. The molecule has 152 valence electrons. The van der Waals surface area contributed by atoms with Crippen molar-refractivity contribution in [3.05, 3.63) is 80.1 Å². The predicted molar refractivity (Wildman–Crippen MR) is 118 cm³/mol. The molecule has 2 N–H and O–H groups in total. The van der Waals surface area contributed by atoms with Crippen LogP contribution in [0.3, 0.4) is 0 Å². The van der Waals surface area contributed by atoms with Crippen LogP contribution in [-0.4, -0.2) is 30.6 Å². The number of carbonyl (C=O) groups is 1. The Hall–Kier alpha value is -3.24. The zero-order valence-electron chi connectivity index (χ0n) is 15.9. The molecule has 0 aliphatic heterocycles. The zero-order chi connectivity index (χ0) is 21.3. The van der Waals surface area contributed by atoms with E-state index in [-0.39, 0.29) is 23.7 Å². The van der Waals surface area contributed by atoms with Crippen LogP contribution < -0.4 is 17.0 Å². The smallest absolute Gasteiger partial charge is 0.332 e. The van der Waals surface area contributed by atoms with Crippen LogP contribution in [0.25, 0.3) is 10.2 Å². The van der Waals surface area contributed by atoms with Gasteiger partial charge in [-0.2, -0.15) is 0 Å². The van der Waals surface area contributed by atoms with Gasteiger partial charge >= 0.3 is 5.69 Å². The van der Waals surface area contributed by atoms with Crippen molar-refractivity contribution < 1.29 is 4.79 Å². The van der Waals surface area contributed by atoms with Gasteiger partial charge in [-0.3, -0.25) is 18.7 Å². The number of anilines is 1. The van der Waals surface area contributed by atoms with Crippen molar-refractivity contribution in [3.8, 4) is 0 Å². The molecule has 4 aromatic rings. The summed E-state index contributed by atoms with van der Waals surface area (Å²) in [5.74, 6) is -0.617. The maximum atomic E-state index is 12.9. The van der Waals surface area contributed by atoms with Crippen LogP contribution in [0.4, 0.5) is 5.82 Å². The number of thioether (sulfide) groups is 1. The Bertz CT molecular complexity index is 1360. The molecule has 3 aromatic heterocycles. The van der Waals surface area contributed by atoms with Gasteiger partial charge in [-0.25, -0.2) is 14.8 Å². The van der Waals surface area contributed by atoms with Crippen LogP contribution >= 0.6 is 23.1 Å². The van der Waals surface area contributed by atoms with Crippen molar-refractivity contribution in [1.82, 2.24) is 19.1 Å². The van der Waals surface area contributed by atoms with Gasteiger partial charge in [-0.05, 0) is 17.0 Å². The van der Waals surface area contributed by atoms with E-state index in [1.54, 1.807) is 0 Å². The van der Waals surface area contributed by atoms with Crippen molar-refractivity contribution in [2.24, 2.45) is 7.05 Å². The summed E-state index contributed by atoms with van der Waals surface area (Å²) in [5, 5.41) is 3.41. The fourth-order valence-corrected chi connectivity index (χ4v) is 4.70. The Morgan fingerprint density at radius 3 is 2.70 bits per heavy atom. The summed E-state index contributed by atoms with van der Waals surface area (Å²) in [6.45, 7) is 0.161. The van der Waals surface area contributed by atoms with E-state index in [2.05, 4.69) is 9.97 Å². The molecule has 0 bridgehead atoms. The molecule has 0 radical (unpaired) electrons. The third-order valence-electron chi connectivity index (χ3n) is 4.61. The molecule has 0 atom stereocenters. The molecule has 0 unspecified atom stereocenters. The summed E-state index contributed by atoms with van der Waals surface area (Å²) < 4.78 is 2.16. The predicted octanol–water partition coefficient (Wildman–Crippen LogP) is 2.16. The first-order valence-corrected chi connectivity index (χ1v) is 10.8. The van der Waals surface area contributed by atoms with Crippen LogP contribution in [-0.2, 0) is 13.6 Å². The standard InChI is InChI=1S/C20H17N5O3S2/c1-24-19(27)15(16(21)25(20(24)28)9-12-5-3-2-4-6-12)14(26)10-30-18-13-7-8-29-17(13)22-11-23-18/h2-8,11H,9-10,21H2,1H3. The highest BCUT2D eigenvalue weighted by atomic mass is 32.2. The minimum Gasteiger partial charge on any atom is -0.384 e. The molecule has 0 saturated heterocycles. The summed E-state index contributed by atoms with van der Waals surface area (Å²) in [6.07, 6.45) is 1.44. The van der Waals surface area contributed by atoms with Crippen LogP contribution in [0.15, 0.2) is 62.7 Å². The number of carbonyl (C=O) groups excluding carboxylic acids is 1. The molecular formula is C20H17N5O3S2. The van der Waals surface area contributed by atoms with Gasteiger partial charge in [0.25, 0.3) is 5.56 Å². The fourth-order valence-electron chi connectivity index (χ4n) is 3.05. The van der Waals surface area contributed by atoms with Gasteiger partial charge in [-0.15, -0.1) is 11.3 Å². The lowest BCUT2D eigenvalue weighted by Crippen LogP contribution is -2.43. The number of thiophene rings is 1. The second kappa shape index (κ2) is 8.25. The van der Waals surface area contributed by atoms with Crippen molar-refractivity contribution in [2.75, 3.05) is 11.5 Å². The van der Waals surface area contributed by atoms with Gasteiger partial charge in [0.1, 0.15) is 27.6 Å². The summed E-state index contributed by atoms with van der Waals surface area (Å²) in [6, 6.07) is 11.1. The summed E-state index contributed by atoms with van der Waals surface area (Å²) >= 11 is 2.69. The zero-order valence-corrected chi connectivity index (χ0v) is 17.6.